The van der Waals surface area contributed by atoms with Crippen LogP contribution in [0, 0.1) is 6.92 Å². The molecule has 2 heterocycles. The number of anilines is 1. The van der Waals surface area contributed by atoms with Gasteiger partial charge in [0.2, 0.25) is 5.91 Å². The molecule has 0 spiro atoms. The third-order valence-electron chi connectivity index (χ3n) is 4.86. The Labute approximate surface area is 179 Å². The number of hydrogen-bond donors (Lipinski definition) is 1. The standard InChI is InChI=1S/C23H22N4O2S/c1-15-18(13-14-29-15)21-25-26-23(27(21)3)30-16(2)22(28)24-20-12-8-7-11-19(20)17-9-5-4-6-10-17/h4-14,16H,1-3H3,(H,24,28)/t16-/m0/s1. The van der Waals surface area contributed by atoms with E-state index >= 15 is 0 Å². The van der Waals surface area contributed by atoms with E-state index in [2.05, 4.69) is 15.5 Å². The molecule has 4 rings (SSSR count). The maximum atomic E-state index is 12.9. The van der Waals surface area contributed by atoms with E-state index in [-0.39, 0.29) is 11.2 Å². The highest BCUT2D eigenvalue weighted by atomic mass is 32.2. The van der Waals surface area contributed by atoms with Crippen LogP contribution in [0.1, 0.15) is 12.7 Å². The average Bonchev–Trinajstić information content (AvgIpc) is 3.34. The summed E-state index contributed by atoms with van der Waals surface area (Å²) in [6.45, 7) is 3.75. The summed E-state index contributed by atoms with van der Waals surface area (Å²) in [6, 6.07) is 19.7. The normalized spacial score (nSPS) is 12.0. The Kier molecular flexibility index (Phi) is 5.72. The number of amides is 1. The molecular weight excluding hydrogens is 396 g/mol. The van der Waals surface area contributed by atoms with Crippen LogP contribution < -0.4 is 5.32 Å². The second kappa shape index (κ2) is 8.59. The van der Waals surface area contributed by atoms with Crippen molar-refractivity contribution in [1.29, 1.82) is 0 Å². The lowest BCUT2D eigenvalue weighted by atomic mass is 10.0. The van der Waals surface area contributed by atoms with E-state index in [4.69, 9.17) is 4.42 Å². The number of carbonyl (C=O) groups excluding carboxylic acids is 1. The number of aromatic nitrogens is 3. The van der Waals surface area contributed by atoms with Gasteiger partial charge in [-0.2, -0.15) is 0 Å². The lowest BCUT2D eigenvalue weighted by Crippen LogP contribution is -2.23. The number of aryl methyl sites for hydroxylation is 1. The molecule has 152 valence electrons. The van der Waals surface area contributed by atoms with Crippen molar-refractivity contribution in [2.24, 2.45) is 7.05 Å². The van der Waals surface area contributed by atoms with E-state index in [1.54, 1.807) is 6.26 Å². The Balaban J connectivity index is 1.50. The third-order valence-corrected chi connectivity index (χ3v) is 5.99. The minimum absolute atomic E-state index is 0.0903. The molecule has 0 bridgehead atoms. The second-order valence-electron chi connectivity index (χ2n) is 6.92. The summed E-state index contributed by atoms with van der Waals surface area (Å²) in [5.41, 5.74) is 3.72. The maximum Gasteiger partial charge on any atom is 0.237 e. The van der Waals surface area contributed by atoms with Crippen LogP contribution in [0.4, 0.5) is 5.69 Å². The molecule has 0 radical (unpaired) electrons. The van der Waals surface area contributed by atoms with Gasteiger partial charge in [-0.25, -0.2) is 0 Å². The molecule has 0 saturated carbocycles. The molecule has 0 aliphatic rings. The van der Waals surface area contributed by atoms with E-state index in [0.29, 0.717) is 11.0 Å². The van der Waals surface area contributed by atoms with E-state index in [1.807, 2.05) is 86.1 Å². The van der Waals surface area contributed by atoms with Gasteiger partial charge in [-0.3, -0.25) is 4.79 Å². The average molecular weight is 419 g/mol. The van der Waals surface area contributed by atoms with Crippen LogP contribution in [-0.4, -0.2) is 25.9 Å². The van der Waals surface area contributed by atoms with Gasteiger partial charge >= 0.3 is 0 Å². The van der Waals surface area contributed by atoms with E-state index < -0.39 is 0 Å². The molecule has 2 aromatic carbocycles. The largest absolute Gasteiger partial charge is 0.469 e. The van der Waals surface area contributed by atoms with Crippen molar-refractivity contribution < 1.29 is 9.21 Å². The molecule has 0 fully saturated rings. The van der Waals surface area contributed by atoms with Gasteiger partial charge in [0.25, 0.3) is 0 Å². The summed E-state index contributed by atoms with van der Waals surface area (Å²) < 4.78 is 7.24. The van der Waals surface area contributed by atoms with Crippen LogP contribution in [0.15, 0.2) is 76.5 Å². The number of hydrogen-bond acceptors (Lipinski definition) is 5. The predicted octanol–water partition coefficient (Wildman–Crippen LogP) is 5.17. The topological polar surface area (TPSA) is 72.9 Å². The lowest BCUT2D eigenvalue weighted by molar-refractivity contribution is -0.115. The van der Waals surface area contributed by atoms with Gasteiger partial charge in [-0.15, -0.1) is 10.2 Å². The summed E-state index contributed by atoms with van der Waals surface area (Å²) >= 11 is 1.37. The van der Waals surface area contributed by atoms with Crippen LogP contribution in [0.5, 0.6) is 0 Å². The number of thioether (sulfide) groups is 1. The number of nitrogens with zero attached hydrogens (tertiary/aromatic N) is 3. The van der Waals surface area contributed by atoms with E-state index in [1.165, 1.54) is 11.8 Å². The third kappa shape index (κ3) is 4.02. The Hall–Kier alpha value is -3.32. The van der Waals surface area contributed by atoms with Crippen LogP contribution >= 0.6 is 11.8 Å². The second-order valence-corrected chi connectivity index (χ2v) is 8.22. The Morgan fingerprint density at radius 1 is 1.03 bits per heavy atom. The van der Waals surface area contributed by atoms with Crippen molar-refractivity contribution in [1.82, 2.24) is 14.8 Å². The molecule has 7 heteroatoms. The first-order chi connectivity index (χ1) is 14.5. The highest BCUT2D eigenvalue weighted by Crippen LogP contribution is 2.30. The highest BCUT2D eigenvalue weighted by Gasteiger charge is 2.21. The van der Waals surface area contributed by atoms with Gasteiger partial charge in [-0.1, -0.05) is 60.3 Å². The fourth-order valence-electron chi connectivity index (χ4n) is 3.18. The van der Waals surface area contributed by atoms with Gasteiger partial charge in [0, 0.05) is 18.3 Å². The monoisotopic (exact) mass is 418 g/mol. The van der Waals surface area contributed by atoms with Crippen LogP contribution in [0.25, 0.3) is 22.5 Å². The van der Waals surface area contributed by atoms with Gasteiger partial charge < -0.3 is 14.3 Å². The molecule has 30 heavy (non-hydrogen) atoms. The molecular formula is C23H22N4O2S. The number of carbonyl (C=O) groups is 1. The zero-order chi connectivity index (χ0) is 21.1. The first kappa shape index (κ1) is 20.0. The van der Waals surface area contributed by atoms with E-state index in [0.717, 1.165) is 28.1 Å². The summed E-state index contributed by atoms with van der Waals surface area (Å²) in [6.07, 6.45) is 1.63. The summed E-state index contributed by atoms with van der Waals surface area (Å²) in [5, 5.41) is 11.9. The van der Waals surface area contributed by atoms with Crippen LogP contribution in [0.2, 0.25) is 0 Å². The molecule has 1 amide bonds. The molecule has 0 saturated heterocycles. The fourth-order valence-corrected chi connectivity index (χ4v) is 3.99. The van der Waals surface area contributed by atoms with Crippen LogP contribution in [-0.2, 0) is 11.8 Å². The van der Waals surface area contributed by atoms with Crippen molar-refractivity contribution >= 4 is 23.4 Å². The SMILES string of the molecule is Cc1occc1-c1nnc(S[C@@H](C)C(=O)Nc2ccccc2-c2ccccc2)n1C. The number of nitrogens with one attached hydrogen (secondary N) is 1. The molecule has 4 aromatic rings. The first-order valence-electron chi connectivity index (χ1n) is 9.60. The van der Waals surface area contributed by atoms with Gasteiger partial charge in [0.05, 0.1) is 17.1 Å². The molecule has 1 atom stereocenters. The minimum atomic E-state index is -0.352. The molecule has 0 aliphatic carbocycles. The van der Waals surface area contributed by atoms with Crippen molar-refractivity contribution in [3.05, 3.63) is 72.7 Å². The summed E-state index contributed by atoms with van der Waals surface area (Å²) in [4.78, 5) is 12.9. The van der Waals surface area contributed by atoms with E-state index in [9.17, 15) is 4.79 Å². The molecule has 1 N–H and O–H groups in total. The Morgan fingerprint density at radius 3 is 2.50 bits per heavy atom. The molecule has 0 unspecified atom stereocenters. The van der Waals surface area contributed by atoms with Crippen molar-refractivity contribution in [3.63, 3.8) is 0 Å². The van der Waals surface area contributed by atoms with Gasteiger partial charge in [0.1, 0.15) is 5.76 Å². The zero-order valence-corrected chi connectivity index (χ0v) is 17.8. The molecule has 0 aliphatic heterocycles. The molecule has 6 nitrogen and oxygen atoms in total. The maximum absolute atomic E-state index is 12.9. The lowest BCUT2D eigenvalue weighted by Gasteiger charge is -2.14. The Bertz CT molecular complexity index is 1170. The summed E-state index contributed by atoms with van der Waals surface area (Å²) in [7, 11) is 1.89. The number of furan rings is 1. The first-order valence-corrected chi connectivity index (χ1v) is 10.5. The fraction of sp³-hybridized carbons (Fsp3) is 0.174. The highest BCUT2D eigenvalue weighted by molar-refractivity contribution is 8.00. The van der Waals surface area contributed by atoms with Crippen molar-refractivity contribution in [3.8, 4) is 22.5 Å². The smallest absolute Gasteiger partial charge is 0.237 e. The predicted molar refractivity (Wildman–Crippen MR) is 119 cm³/mol. The summed E-state index contributed by atoms with van der Waals surface area (Å²) in [5.74, 6) is 1.41. The quantitative estimate of drug-likeness (QED) is 0.437. The van der Waals surface area contributed by atoms with Crippen LogP contribution in [0.3, 0.4) is 0 Å². The number of rotatable bonds is 6. The van der Waals surface area contributed by atoms with Gasteiger partial charge in [-0.05, 0) is 31.5 Å². The molecule has 2 aromatic heterocycles. The number of benzene rings is 2. The minimum Gasteiger partial charge on any atom is -0.469 e. The Morgan fingerprint density at radius 2 is 1.77 bits per heavy atom. The zero-order valence-electron chi connectivity index (χ0n) is 17.0. The number of para-hydroxylation sites is 1. The van der Waals surface area contributed by atoms with Crippen molar-refractivity contribution in [2.45, 2.75) is 24.3 Å². The van der Waals surface area contributed by atoms with Gasteiger partial charge in [0.15, 0.2) is 11.0 Å². The van der Waals surface area contributed by atoms with Crippen molar-refractivity contribution in [2.75, 3.05) is 5.32 Å².